The van der Waals surface area contributed by atoms with Gasteiger partial charge in [-0.1, -0.05) is 35.9 Å². The van der Waals surface area contributed by atoms with Crippen LogP contribution in [0.2, 0.25) is 5.02 Å². The molecule has 6 heteroatoms. The molecule has 3 N–H and O–H groups in total. The summed E-state index contributed by atoms with van der Waals surface area (Å²) >= 11 is 6.31. The van der Waals surface area contributed by atoms with Crippen molar-refractivity contribution in [3.05, 3.63) is 59.9 Å². The molecule has 4 rings (SSSR count). The van der Waals surface area contributed by atoms with E-state index in [0.717, 1.165) is 28.0 Å². The van der Waals surface area contributed by atoms with E-state index in [1.165, 1.54) is 0 Å². The number of hydrogen-bond acceptors (Lipinski definition) is 4. The maximum absolute atomic E-state index is 6.31. The van der Waals surface area contributed by atoms with Gasteiger partial charge in [-0.25, -0.2) is 15.0 Å². The zero-order valence-electron chi connectivity index (χ0n) is 12.0. The summed E-state index contributed by atoms with van der Waals surface area (Å²) in [6.45, 7) is 0. The first-order valence-electron chi connectivity index (χ1n) is 7.04. The summed E-state index contributed by atoms with van der Waals surface area (Å²) in [4.78, 5) is 16.1. The molecule has 0 bridgehead atoms. The number of hydrogen-bond donors (Lipinski definition) is 2. The van der Waals surface area contributed by atoms with Gasteiger partial charge in [-0.05, 0) is 23.8 Å². The van der Waals surface area contributed by atoms with Crippen LogP contribution >= 0.6 is 11.6 Å². The van der Waals surface area contributed by atoms with Crippen LogP contribution in [0.15, 0.2) is 54.9 Å². The van der Waals surface area contributed by atoms with Crippen molar-refractivity contribution in [2.24, 2.45) is 0 Å². The van der Waals surface area contributed by atoms with Crippen molar-refractivity contribution in [2.75, 3.05) is 5.73 Å². The van der Waals surface area contributed by atoms with Crippen molar-refractivity contribution >= 4 is 28.6 Å². The van der Waals surface area contributed by atoms with E-state index in [4.69, 9.17) is 17.3 Å². The summed E-state index contributed by atoms with van der Waals surface area (Å²) in [7, 11) is 0. The van der Waals surface area contributed by atoms with Crippen LogP contribution in [0, 0.1) is 0 Å². The maximum Gasteiger partial charge on any atom is 0.178 e. The van der Waals surface area contributed by atoms with Crippen LogP contribution in [0.5, 0.6) is 0 Å². The quantitative estimate of drug-likeness (QED) is 0.586. The highest BCUT2D eigenvalue weighted by Crippen LogP contribution is 2.35. The van der Waals surface area contributed by atoms with Gasteiger partial charge >= 0.3 is 0 Å². The molecule has 112 valence electrons. The fourth-order valence-electron chi connectivity index (χ4n) is 2.56. The summed E-state index contributed by atoms with van der Waals surface area (Å²) in [5.41, 5.74) is 10.1. The van der Waals surface area contributed by atoms with Gasteiger partial charge in [0.15, 0.2) is 5.65 Å². The molecule has 1 aromatic carbocycles. The molecule has 0 amide bonds. The zero-order chi connectivity index (χ0) is 15.8. The molecule has 0 aliphatic heterocycles. The van der Waals surface area contributed by atoms with E-state index in [0.29, 0.717) is 16.5 Å². The summed E-state index contributed by atoms with van der Waals surface area (Å²) in [5.74, 6) is 1.16. The number of fused-ring (bicyclic) bond motifs is 1. The van der Waals surface area contributed by atoms with Crippen LogP contribution < -0.4 is 5.73 Å². The van der Waals surface area contributed by atoms with E-state index in [2.05, 4.69) is 19.9 Å². The first-order chi connectivity index (χ1) is 11.2. The van der Waals surface area contributed by atoms with E-state index < -0.39 is 0 Å². The molecule has 0 saturated carbocycles. The number of anilines is 1. The lowest BCUT2D eigenvalue weighted by Crippen LogP contribution is -1.93. The predicted molar refractivity (Wildman–Crippen MR) is 92.0 cm³/mol. The number of benzene rings is 1. The smallest absolute Gasteiger partial charge is 0.178 e. The summed E-state index contributed by atoms with van der Waals surface area (Å²) in [5, 5.41) is 0.542. The van der Waals surface area contributed by atoms with Crippen LogP contribution in [-0.2, 0) is 0 Å². The lowest BCUT2D eigenvalue weighted by molar-refractivity contribution is 1.30. The third kappa shape index (κ3) is 2.41. The second-order valence-corrected chi connectivity index (χ2v) is 5.50. The lowest BCUT2D eigenvalue weighted by Gasteiger charge is -2.09. The molecule has 5 nitrogen and oxygen atoms in total. The third-order valence-electron chi connectivity index (χ3n) is 3.61. The Morgan fingerprint density at radius 2 is 1.78 bits per heavy atom. The highest BCUT2D eigenvalue weighted by atomic mass is 35.5. The minimum Gasteiger partial charge on any atom is -0.384 e. The Balaban J connectivity index is 1.95. The average molecular weight is 322 g/mol. The van der Waals surface area contributed by atoms with Crippen LogP contribution in [0.25, 0.3) is 33.7 Å². The van der Waals surface area contributed by atoms with Crippen LogP contribution in [-0.4, -0.2) is 19.9 Å². The third-order valence-corrected chi connectivity index (χ3v) is 3.91. The highest BCUT2D eigenvalue weighted by Gasteiger charge is 2.14. The Hall–Kier alpha value is -2.92. The molecular weight excluding hydrogens is 310 g/mol. The molecule has 0 unspecified atom stereocenters. The highest BCUT2D eigenvalue weighted by molar-refractivity contribution is 6.33. The molecular formula is C17H12ClN5. The molecule has 0 spiro atoms. The lowest BCUT2D eigenvalue weighted by atomic mass is 10.00. The number of pyridine rings is 2. The standard InChI is InChI=1S/C17H12ClN5/c18-13-9-21-15(19)8-12(13)10-4-1-2-5-11(10)16-22-14-6-3-7-20-17(14)23-16/h1-9H,(H2,19,21)(H,20,22,23). The number of nitrogen functional groups attached to an aromatic ring is 1. The average Bonchev–Trinajstić information content (AvgIpc) is 3.01. The molecule has 3 heterocycles. The Bertz CT molecular complexity index is 976. The number of nitrogens with two attached hydrogens (primary N) is 1. The van der Waals surface area contributed by atoms with Crippen molar-refractivity contribution in [1.82, 2.24) is 19.9 Å². The van der Waals surface area contributed by atoms with Gasteiger partial charge in [-0.2, -0.15) is 0 Å². The monoisotopic (exact) mass is 321 g/mol. The zero-order valence-corrected chi connectivity index (χ0v) is 12.7. The molecule has 0 atom stereocenters. The summed E-state index contributed by atoms with van der Waals surface area (Å²) in [6.07, 6.45) is 3.28. The van der Waals surface area contributed by atoms with Crippen molar-refractivity contribution in [1.29, 1.82) is 0 Å². The van der Waals surface area contributed by atoms with Gasteiger partial charge < -0.3 is 10.7 Å². The first-order valence-corrected chi connectivity index (χ1v) is 7.42. The molecule has 0 fully saturated rings. The van der Waals surface area contributed by atoms with Crippen LogP contribution in [0.1, 0.15) is 0 Å². The van der Waals surface area contributed by atoms with Gasteiger partial charge in [0, 0.05) is 23.5 Å². The molecule has 3 aromatic heterocycles. The fraction of sp³-hybridized carbons (Fsp3) is 0. The molecule has 4 aromatic rings. The minimum atomic E-state index is 0.422. The predicted octanol–water partition coefficient (Wildman–Crippen LogP) is 3.92. The van der Waals surface area contributed by atoms with Crippen molar-refractivity contribution in [3.8, 4) is 22.5 Å². The minimum absolute atomic E-state index is 0.422. The molecule has 0 aliphatic carbocycles. The van der Waals surface area contributed by atoms with E-state index in [1.807, 2.05) is 36.4 Å². The number of nitrogens with zero attached hydrogens (tertiary/aromatic N) is 3. The van der Waals surface area contributed by atoms with Gasteiger partial charge in [-0.3, -0.25) is 0 Å². The number of aromatic amines is 1. The molecule has 0 aliphatic rings. The Morgan fingerprint density at radius 3 is 2.61 bits per heavy atom. The normalized spacial score (nSPS) is 11.0. The molecule has 0 saturated heterocycles. The molecule has 23 heavy (non-hydrogen) atoms. The van der Waals surface area contributed by atoms with E-state index in [-0.39, 0.29) is 0 Å². The SMILES string of the molecule is Nc1cc(-c2ccccc2-c2nc3ncccc3[nH]2)c(Cl)cn1. The summed E-state index contributed by atoms with van der Waals surface area (Å²) in [6, 6.07) is 13.5. The number of nitrogens with one attached hydrogen (secondary N) is 1. The van der Waals surface area contributed by atoms with E-state index in [9.17, 15) is 0 Å². The number of imidazole rings is 1. The largest absolute Gasteiger partial charge is 0.384 e. The van der Waals surface area contributed by atoms with Gasteiger partial charge in [-0.15, -0.1) is 0 Å². The second kappa shape index (κ2) is 5.37. The fourth-order valence-corrected chi connectivity index (χ4v) is 2.76. The maximum atomic E-state index is 6.31. The van der Waals surface area contributed by atoms with Gasteiger partial charge in [0.1, 0.15) is 11.6 Å². The van der Waals surface area contributed by atoms with Crippen LogP contribution in [0.4, 0.5) is 5.82 Å². The Morgan fingerprint density at radius 1 is 0.957 bits per heavy atom. The van der Waals surface area contributed by atoms with Gasteiger partial charge in [0.2, 0.25) is 0 Å². The van der Waals surface area contributed by atoms with Gasteiger partial charge in [0.05, 0.1) is 10.5 Å². The summed E-state index contributed by atoms with van der Waals surface area (Å²) < 4.78 is 0. The topological polar surface area (TPSA) is 80.5 Å². The number of aromatic nitrogens is 4. The van der Waals surface area contributed by atoms with Crippen molar-refractivity contribution < 1.29 is 0 Å². The van der Waals surface area contributed by atoms with E-state index >= 15 is 0 Å². The molecule has 0 radical (unpaired) electrons. The second-order valence-electron chi connectivity index (χ2n) is 5.09. The van der Waals surface area contributed by atoms with Crippen LogP contribution in [0.3, 0.4) is 0 Å². The van der Waals surface area contributed by atoms with Crippen molar-refractivity contribution in [3.63, 3.8) is 0 Å². The van der Waals surface area contributed by atoms with E-state index in [1.54, 1.807) is 18.5 Å². The first kappa shape index (κ1) is 13.7. The Kier molecular flexibility index (Phi) is 3.20. The van der Waals surface area contributed by atoms with Crippen molar-refractivity contribution in [2.45, 2.75) is 0 Å². The number of halogens is 1. The Labute approximate surface area is 137 Å². The van der Waals surface area contributed by atoms with Gasteiger partial charge in [0.25, 0.3) is 0 Å². The number of rotatable bonds is 2. The number of H-pyrrole nitrogens is 1.